The Morgan fingerprint density at radius 3 is 3.10 bits per heavy atom. The summed E-state index contributed by atoms with van der Waals surface area (Å²) in [4.78, 5) is 12.1. The van der Waals surface area contributed by atoms with Crippen molar-refractivity contribution in [1.82, 2.24) is 25.3 Å². The Morgan fingerprint density at radius 2 is 2.45 bits per heavy atom. The Morgan fingerprint density at radius 1 is 1.60 bits per heavy atom. The lowest BCUT2D eigenvalue weighted by Crippen LogP contribution is -2.32. The molecule has 2 N–H and O–H groups in total. The van der Waals surface area contributed by atoms with Gasteiger partial charge in [0, 0.05) is 19.5 Å². The highest BCUT2D eigenvalue weighted by molar-refractivity contribution is 5.80. The predicted molar refractivity (Wildman–Crippen MR) is 72.7 cm³/mol. The maximum atomic E-state index is 12.1. The van der Waals surface area contributed by atoms with Gasteiger partial charge >= 0.3 is 0 Å². The molecule has 7 heteroatoms. The maximum Gasteiger partial charge on any atom is 0.245 e. The van der Waals surface area contributed by atoms with Gasteiger partial charge in [0.05, 0.1) is 24.5 Å². The van der Waals surface area contributed by atoms with Crippen LogP contribution in [0.5, 0.6) is 0 Å². The van der Waals surface area contributed by atoms with E-state index in [4.69, 9.17) is 4.74 Å². The smallest absolute Gasteiger partial charge is 0.245 e. The highest BCUT2D eigenvalue weighted by Crippen LogP contribution is 2.10. The van der Waals surface area contributed by atoms with Crippen LogP contribution in [0.1, 0.15) is 30.8 Å². The van der Waals surface area contributed by atoms with Gasteiger partial charge in [-0.2, -0.15) is 10.2 Å². The normalized spacial score (nSPS) is 12.3. The van der Waals surface area contributed by atoms with Crippen LogP contribution in [0.4, 0.5) is 0 Å². The molecule has 0 saturated heterocycles. The minimum absolute atomic E-state index is 0.0564. The third-order valence-electron chi connectivity index (χ3n) is 2.96. The standard InChI is InChI=1S/C13H19N5O2/c1-3-12(18-6-4-5-15-18)13(19)14-8-10-7-11(9-20-2)17-16-10/h4-7,12H,3,8-9H2,1-2H3,(H,14,19)(H,16,17). The summed E-state index contributed by atoms with van der Waals surface area (Å²) in [5, 5.41) is 13.9. The van der Waals surface area contributed by atoms with Gasteiger partial charge in [-0.3, -0.25) is 14.6 Å². The molecule has 0 fully saturated rings. The van der Waals surface area contributed by atoms with Gasteiger partial charge in [-0.25, -0.2) is 0 Å². The molecule has 2 aromatic rings. The second-order valence-corrected chi connectivity index (χ2v) is 4.45. The first kappa shape index (κ1) is 14.3. The zero-order valence-corrected chi connectivity index (χ0v) is 11.7. The Balaban J connectivity index is 1.90. The van der Waals surface area contributed by atoms with E-state index in [1.54, 1.807) is 24.2 Å². The number of hydrogen-bond acceptors (Lipinski definition) is 4. The molecule has 2 rings (SSSR count). The summed E-state index contributed by atoms with van der Waals surface area (Å²) in [6.07, 6.45) is 4.15. The lowest BCUT2D eigenvalue weighted by molar-refractivity contribution is -0.124. The monoisotopic (exact) mass is 277 g/mol. The van der Waals surface area contributed by atoms with Crippen LogP contribution in [-0.4, -0.2) is 33.0 Å². The fraction of sp³-hybridized carbons (Fsp3) is 0.462. The Kier molecular flexibility index (Phi) is 4.89. The average Bonchev–Trinajstić information content (AvgIpc) is 3.09. The van der Waals surface area contributed by atoms with E-state index in [-0.39, 0.29) is 11.9 Å². The van der Waals surface area contributed by atoms with Crippen molar-refractivity contribution in [3.05, 3.63) is 35.9 Å². The zero-order valence-electron chi connectivity index (χ0n) is 11.7. The number of H-pyrrole nitrogens is 1. The van der Waals surface area contributed by atoms with E-state index >= 15 is 0 Å². The molecule has 0 saturated carbocycles. The maximum absolute atomic E-state index is 12.1. The molecule has 0 aliphatic heterocycles. The number of carbonyl (C=O) groups excluding carboxylic acids is 1. The van der Waals surface area contributed by atoms with E-state index < -0.39 is 0 Å². The highest BCUT2D eigenvalue weighted by Gasteiger charge is 2.18. The first-order valence-electron chi connectivity index (χ1n) is 6.53. The molecule has 0 aliphatic rings. The van der Waals surface area contributed by atoms with Gasteiger partial charge in [0.25, 0.3) is 0 Å². The lowest BCUT2D eigenvalue weighted by Gasteiger charge is -2.14. The zero-order chi connectivity index (χ0) is 14.4. The summed E-state index contributed by atoms with van der Waals surface area (Å²) < 4.78 is 6.66. The van der Waals surface area contributed by atoms with E-state index in [0.717, 1.165) is 11.4 Å². The molecule has 7 nitrogen and oxygen atoms in total. The minimum Gasteiger partial charge on any atom is -0.378 e. The molecule has 2 heterocycles. The van der Waals surface area contributed by atoms with Gasteiger partial charge in [0.2, 0.25) is 5.91 Å². The van der Waals surface area contributed by atoms with Crippen molar-refractivity contribution in [3.8, 4) is 0 Å². The minimum atomic E-state index is -0.286. The van der Waals surface area contributed by atoms with Crippen LogP contribution < -0.4 is 5.32 Å². The number of nitrogens with one attached hydrogen (secondary N) is 2. The van der Waals surface area contributed by atoms with E-state index in [1.165, 1.54) is 0 Å². The van der Waals surface area contributed by atoms with Crippen molar-refractivity contribution in [2.75, 3.05) is 7.11 Å². The largest absolute Gasteiger partial charge is 0.378 e. The fourth-order valence-corrected chi connectivity index (χ4v) is 1.98. The first-order valence-corrected chi connectivity index (χ1v) is 6.53. The number of amides is 1. The summed E-state index contributed by atoms with van der Waals surface area (Å²) in [7, 11) is 1.62. The number of carbonyl (C=O) groups is 1. The van der Waals surface area contributed by atoms with Crippen LogP contribution in [0, 0.1) is 0 Å². The second kappa shape index (κ2) is 6.85. The number of hydrogen-bond donors (Lipinski definition) is 2. The summed E-state index contributed by atoms with van der Waals surface area (Å²) >= 11 is 0. The molecule has 0 bridgehead atoms. The quantitative estimate of drug-likeness (QED) is 0.791. The number of ether oxygens (including phenoxy) is 1. The SMILES string of the molecule is CCC(C(=O)NCc1cc(COC)n[nH]1)n1cccn1. The number of aromatic nitrogens is 4. The van der Waals surface area contributed by atoms with Crippen LogP contribution in [0.2, 0.25) is 0 Å². The molecule has 108 valence electrons. The molecule has 2 aromatic heterocycles. The molecule has 20 heavy (non-hydrogen) atoms. The third kappa shape index (κ3) is 3.45. The van der Waals surface area contributed by atoms with Crippen LogP contribution in [0.15, 0.2) is 24.5 Å². The van der Waals surface area contributed by atoms with Crippen molar-refractivity contribution in [1.29, 1.82) is 0 Å². The van der Waals surface area contributed by atoms with E-state index in [2.05, 4.69) is 20.6 Å². The topological polar surface area (TPSA) is 84.8 Å². The van der Waals surface area contributed by atoms with Crippen molar-refractivity contribution in [2.24, 2.45) is 0 Å². The Bertz CT molecular complexity index is 535. The van der Waals surface area contributed by atoms with Gasteiger partial charge in [-0.05, 0) is 18.6 Å². The highest BCUT2D eigenvalue weighted by atomic mass is 16.5. The molecule has 1 amide bonds. The summed E-state index contributed by atoms with van der Waals surface area (Å²) in [5.41, 5.74) is 1.66. The van der Waals surface area contributed by atoms with Crippen molar-refractivity contribution in [2.45, 2.75) is 32.5 Å². The first-order chi connectivity index (χ1) is 9.74. The number of rotatable bonds is 7. The van der Waals surface area contributed by atoms with Gasteiger partial charge in [0.1, 0.15) is 6.04 Å². The van der Waals surface area contributed by atoms with Gasteiger partial charge in [-0.1, -0.05) is 6.92 Å². The third-order valence-corrected chi connectivity index (χ3v) is 2.96. The molecular weight excluding hydrogens is 258 g/mol. The van der Waals surface area contributed by atoms with Crippen molar-refractivity contribution < 1.29 is 9.53 Å². The molecule has 0 aromatic carbocycles. The molecule has 1 atom stereocenters. The van der Waals surface area contributed by atoms with E-state index in [9.17, 15) is 4.79 Å². The molecule has 0 radical (unpaired) electrons. The average molecular weight is 277 g/mol. The summed E-state index contributed by atoms with van der Waals surface area (Å²) in [6.45, 7) is 2.82. The molecular formula is C13H19N5O2. The summed E-state index contributed by atoms with van der Waals surface area (Å²) in [6, 6.07) is 3.40. The fourth-order valence-electron chi connectivity index (χ4n) is 1.98. The van der Waals surface area contributed by atoms with Gasteiger partial charge in [0.15, 0.2) is 0 Å². The number of aromatic amines is 1. The van der Waals surface area contributed by atoms with Crippen molar-refractivity contribution in [3.63, 3.8) is 0 Å². The van der Waals surface area contributed by atoms with Crippen molar-refractivity contribution >= 4 is 5.91 Å². The number of methoxy groups -OCH3 is 1. The van der Waals surface area contributed by atoms with Crippen LogP contribution in [-0.2, 0) is 22.7 Å². The van der Waals surface area contributed by atoms with Crippen LogP contribution >= 0.6 is 0 Å². The lowest BCUT2D eigenvalue weighted by atomic mass is 10.2. The molecule has 0 aliphatic carbocycles. The van der Waals surface area contributed by atoms with Crippen LogP contribution in [0.25, 0.3) is 0 Å². The van der Waals surface area contributed by atoms with Crippen LogP contribution in [0.3, 0.4) is 0 Å². The summed E-state index contributed by atoms with van der Waals surface area (Å²) in [5.74, 6) is -0.0564. The van der Waals surface area contributed by atoms with Gasteiger partial charge in [-0.15, -0.1) is 0 Å². The van der Waals surface area contributed by atoms with Gasteiger partial charge < -0.3 is 10.1 Å². The Hall–Kier alpha value is -2.15. The number of nitrogens with zero attached hydrogens (tertiary/aromatic N) is 3. The predicted octanol–water partition coefficient (Wildman–Crippen LogP) is 1.02. The molecule has 0 spiro atoms. The van der Waals surface area contributed by atoms with E-state index in [0.29, 0.717) is 19.6 Å². The molecule has 1 unspecified atom stereocenters. The Labute approximate surface area is 117 Å². The van der Waals surface area contributed by atoms with E-state index in [1.807, 2.05) is 19.1 Å². The second-order valence-electron chi connectivity index (χ2n) is 4.45.